The number of nitrogens with zero attached hydrogens (tertiary/aromatic N) is 2. The molecule has 0 aromatic carbocycles. The highest BCUT2D eigenvalue weighted by molar-refractivity contribution is 6.07. The van der Waals surface area contributed by atoms with Gasteiger partial charge in [-0.1, -0.05) is 13.8 Å². The summed E-state index contributed by atoms with van der Waals surface area (Å²) in [5, 5.41) is 2.92. The Morgan fingerprint density at radius 2 is 2.04 bits per heavy atom. The van der Waals surface area contributed by atoms with E-state index in [9.17, 15) is 9.59 Å². The number of aromatic nitrogens is 1. The van der Waals surface area contributed by atoms with Gasteiger partial charge in [0.25, 0.3) is 11.8 Å². The van der Waals surface area contributed by atoms with Gasteiger partial charge in [0.15, 0.2) is 0 Å². The van der Waals surface area contributed by atoms with Gasteiger partial charge in [-0.05, 0) is 38.3 Å². The quantitative estimate of drug-likeness (QED) is 0.790. The molecule has 1 aromatic heterocycles. The number of fused-ring (bicyclic) bond motifs is 3. The van der Waals surface area contributed by atoms with Crippen molar-refractivity contribution in [2.75, 3.05) is 19.8 Å². The predicted octanol–water partition coefficient (Wildman–Crippen LogP) is 1.55. The lowest BCUT2D eigenvalue weighted by molar-refractivity contribution is -0.165. The van der Waals surface area contributed by atoms with E-state index in [1.165, 1.54) is 4.90 Å². The Morgan fingerprint density at radius 1 is 1.32 bits per heavy atom. The largest absolute Gasteiger partial charge is 0.379 e. The van der Waals surface area contributed by atoms with E-state index >= 15 is 0 Å². The van der Waals surface area contributed by atoms with Gasteiger partial charge < -0.3 is 14.8 Å². The van der Waals surface area contributed by atoms with Crippen LogP contribution in [0.5, 0.6) is 0 Å². The zero-order chi connectivity index (χ0) is 18.4. The van der Waals surface area contributed by atoms with E-state index < -0.39 is 11.4 Å². The van der Waals surface area contributed by atoms with Crippen molar-refractivity contribution in [3.8, 4) is 0 Å². The van der Waals surface area contributed by atoms with E-state index in [1.54, 1.807) is 19.2 Å². The van der Waals surface area contributed by atoms with Crippen LogP contribution in [0, 0.1) is 12.8 Å². The molecule has 0 spiro atoms. The Kier molecular flexibility index (Phi) is 4.33. The van der Waals surface area contributed by atoms with Crippen molar-refractivity contribution in [3.63, 3.8) is 0 Å². The minimum absolute atomic E-state index is 0.0940. The maximum absolute atomic E-state index is 13.2. The minimum atomic E-state index is -1.37. The second-order valence-electron chi connectivity index (χ2n) is 6.94. The molecule has 1 aromatic rings. The maximum atomic E-state index is 13.2. The number of hydrogen-bond acceptors (Lipinski definition) is 5. The molecule has 2 amide bonds. The standard InChI is InChI=1S/C18H25N3O4/c1-6-24-9-10-25-18-14-13(12(4)7-8-19-14)15(22)21(18)17(5,11(2)3)16(23)20-18/h7-8,11H,6,9-10H2,1-5H3,(H,20,23). The Morgan fingerprint density at radius 3 is 2.68 bits per heavy atom. The summed E-state index contributed by atoms with van der Waals surface area (Å²) in [7, 11) is 0. The first-order valence-corrected chi connectivity index (χ1v) is 8.65. The highest BCUT2D eigenvalue weighted by Gasteiger charge is 2.68. The van der Waals surface area contributed by atoms with Gasteiger partial charge in [-0.2, -0.15) is 0 Å². The molecule has 1 N–H and O–H groups in total. The van der Waals surface area contributed by atoms with E-state index in [0.29, 0.717) is 24.5 Å². The van der Waals surface area contributed by atoms with Crippen LogP contribution in [-0.4, -0.2) is 47.1 Å². The number of pyridine rings is 1. The summed E-state index contributed by atoms with van der Waals surface area (Å²) in [4.78, 5) is 32.0. The van der Waals surface area contributed by atoms with Crippen LogP contribution in [0.4, 0.5) is 0 Å². The fourth-order valence-electron chi connectivity index (χ4n) is 3.56. The summed E-state index contributed by atoms with van der Waals surface area (Å²) in [5.41, 5.74) is 0.755. The van der Waals surface area contributed by atoms with Gasteiger partial charge in [-0.15, -0.1) is 0 Å². The number of nitrogens with one attached hydrogen (secondary N) is 1. The molecule has 7 nitrogen and oxygen atoms in total. The Hall–Kier alpha value is -1.99. The maximum Gasteiger partial charge on any atom is 0.271 e. The van der Waals surface area contributed by atoms with Crippen LogP contribution in [0.25, 0.3) is 0 Å². The number of carbonyl (C=O) groups excluding carboxylic acids is 2. The molecule has 7 heteroatoms. The molecule has 3 heterocycles. The van der Waals surface area contributed by atoms with Gasteiger partial charge in [0.2, 0.25) is 5.91 Å². The molecule has 2 atom stereocenters. The first kappa shape index (κ1) is 17.8. The highest BCUT2D eigenvalue weighted by Crippen LogP contribution is 2.49. The first-order valence-electron chi connectivity index (χ1n) is 8.65. The van der Waals surface area contributed by atoms with Crippen molar-refractivity contribution in [1.29, 1.82) is 0 Å². The van der Waals surface area contributed by atoms with Gasteiger partial charge in [0.1, 0.15) is 11.2 Å². The SMILES string of the molecule is CCOCCOC12NC(=O)C(C)(C(C)C)N1C(=O)c1c(C)ccnc12. The molecule has 0 bridgehead atoms. The molecule has 3 rings (SSSR count). The molecule has 0 radical (unpaired) electrons. The lowest BCUT2D eigenvalue weighted by Crippen LogP contribution is -2.56. The lowest BCUT2D eigenvalue weighted by atomic mass is 9.87. The molecular formula is C18H25N3O4. The number of ether oxygens (including phenoxy) is 2. The Balaban J connectivity index is 2.12. The number of hydrogen-bond donors (Lipinski definition) is 1. The van der Waals surface area contributed by atoms with Crippen LogP contribution in [0.2, 0.25) is 0 Å². The summed E-state index contributed by atoms with van der Waals surface area (Å²) in [5.74, 6) is -1.93. The Labute approximate surface area is 147 Å². The summed E-state index contributed by atoms with van der Waals surface area (Å²) in [6.45, 7) is 10.6. The second-order valence-corrected chi connectivity index (χ2v) is 6.94. The smallest absolute Gasteiger partial charge is 0.271 e. The van der Waals surface area contributed by atoms with Crippen molar-refractivity contribution in [3.05, 3.63) is 29.1 Å². The topological polar surface area (TPSA) is 80.8 Å². The van der Waals surface area contributed by atoms with Crippen LogP contribution >= 0.6 is 0 Å². The number of carbonyl (C=O) groups is 2. The normalized spacial score (nSPS) is 27.7. The highest BCUT2D eigenvalue weighted by atomic mass is 16.6. The van der Waals surface area contributed by atoms with Crippen LogP contribution in [0.15, 0.2) is 12.3 Å². The summed E-state index contributed by atoms with van der Waals surface area (Å²) >= 11 is 0. The van der Waals surface area contributed by atoms with Gasteiger partial charge in [-0.3, -0.25) is 19.5 Å². The van der Waals surface area contributed by atoms with Gasteiger partial charge in [0.05, 0.1) is 18.8 Å². The fraction of sp³-hybridized carbons (Fsp3) is 0.611. The molecule has 0 aliphatic carbocycles. The van der Waals surface area contributed by atoms with E-state index in [-0.39, 0.29) is 24.3 Å². The number of amides is 2. The van der Waals surface area contributed by atoms with Crippen molar-refractivity contribution in [2.45, 2.75) is 46.0 Å². The van der Waals surface area contributed by atoms with E-state index in [0.717, 1.165) is 5.56 Å². The molecule has 136 valence electrons. The molecule has 2 aliphatic heterocycles. The van der Waals surface area contributed by atoms with Crippen molar-refractivity contribution >= 4 is 11.8 Å². The van der Waals surface area contributed by atoms with E-state index in [1.807, 2.05) is 27.7 Å². The monoisotopic (exact) mass is 347 g/mol. The molecule has 25 heavy (non-hydrogen) atoms. The average Bonchev–Trinajstić information content (AvgIpc) is 2.94. The molecular weight excluding hydrogens is 322 g/mol. The molecule has 2 unspecified atom stereocenters. The van der Waals surface area contributed by atoms with Crippen LogP contribution in [-0.2, 0) is 20.1 Å². The first-order chi connectivity index (χ1) is 11.8. The van der Waals surface area contributed by atoms with Crippen molar-refractivity contribution in [2.24, 2.45) is 5.92 Å². The number of rotatable bonds is 6. The fourth-order valence-corrected chi connectivity index (χ4v) is 3.56. The third kappa shape index (κ3) is 2.29. The summed E-state index contributed by atoms with van der Waals surface area (Å²) < 4.78 is 11.4. The Bertz CT molecular complexity index is 720. The van der Waals surface area contributed by atoms with Crippen LogP contribution < -0.4 is 5.32 Å². The van der Waals surface area contributed by atoms with Crippen LogP contribution in [0.1, 0.15) is 49.3 Å². The molecule has 1 fully saturated rings. The van der Waals surface area contributed by atoms with Crippen molar-refractivity contribution in [1.82, 2.24) is 15.2 Å². The minimum Gasteiger partial charge on any atom is -0.379 e. The van der Waals surface area contributed by atoms with E-state index in [4.69, 9.17) is 9.47 Å². The van der Waals surface area contributed by atoms with Gasteiger partial charge in [0, 0.05) is 12.8 Å². The third-order valence-electron chi connectivity index (χ3n) is 5.29. The summed E-state index contributed by atoms with van der Waals surface area (Å²) in [6, 6.07) is 1.79. The summed E-state index contributed by atoms with van der Waals surface area (Å²) in [6.07, 6.45) is 1.63. The van der Waals surface area contributed by atoms with Crippen LogP contribution in [0.3, 0.4) is 0 Å². The molecule has 2 aliphatic rings. The molecule has 1 saturated heterocycles. The van der Waals surface area contributed by atoms with Gasteiger partial charge >= 0.3 is 0 Å². The zero-order valence-electron chi connectivity index (χ0n) is 15.4. The number of aryl methyl sites for hydroxylation is 1. The third-order valence-corrected chi connectivity index (χ3v) is 5.29. The van der Waals surface area contributed by atoms with Crippen molar-refractivity contribution < 1.29 is 19.1 Å². The van der Waals surface area contributed by atoms with Gasteiger partial charge in [-0.25, -0.2) is 0 Å². The second kappa shape index (κ2) is 6.07. The zero-order valence-corrected chi connectivity index (χ0v) is 15.4. The lowest BCUT2D eigenvalue weighted by Gasteiger charge is -2.39. The van der Waals surface area contributed by atoms with E-state index in [2.05, 4.69) is 10.3 Å². The predicted molar refractivity (Wildman–Crippen MR) is 90.7 cm³/mol. The molecule has 0 saturated carbocycles. The average molecular weight is 347 g/mol.